The SMILES string of the molecule is CCC(C)S(=O)(=O)N1CCC(CN2CCN(C3(C#N)CCN(C(=O)c4c(C)ncnc4C)CC3)C[C@@H]2C)CC1. The Hall–Kier alpha value is -2.13. The number of hydrogen-bond acceptors (Lipinski definition) is 8. The summed E-state index contributed by atoms with van der Waals surface area (Å²) in [6, 6.07) is 2.96. The molecule has 0 bridgehead atoms. The first kappa shape index (κ1) is 29.8. The first-order valence-electron chi connectivity index (χ1n) is 14.5. The monoisotopic (exact) mass is 559 g/mol. The normalized spacial score (nSPS) is 24.8. The van der Waals surface area contributed by atoms with Gasteiger partial charge in [-0.05, 0) is 65.7 Å². The topological polar surface area (TPSA) is 114 Å². The quantitative estimate of drug-likeness (QED) is 0.501. The molecule has 0 aromatic carbocycles. The van der Waals surface area contributed by atoms with Crippen molar-refractivity contribution in [2.45, 2.75) is 83.6 Å². The van der Waals surface area contributed by atoms with Crippen LogP contribution in [0.5, 0.6) is 0 Å². The van der Waals surface area contributed by atoms with Crippen LogP contribution in [-0.4, -0.2) is 112 Å². The summed E-state index contributed by atoms with van der Waals surface area (Å²) >= 11 is 0. The van der Waals surface area contributed by atoms with E-state index < -0.39 is 15.6 Å². The number of hydrogen-bond donors (Lipinski definition) is 0. The lowest BCUT2D eigenvalue weighted by Gasteiger charge is -2.50. The summed E-state index contributed by atoms with van der Waals surface area (Å²) in [5.41, 5.74) is 1.41. The molecule has 1 amide bonds. The molecular formula is C28H45N7O3S. The first-order chi connectivity index (χ1) is 18.5. The second kappa shape index (κ2) is 12.2. The molecule has 1 aromatic rings. The molecule has 0 N–H and O–H groups in total. The largest absolute Gasteiger partial charge is 0.338 e. The number of amides is 1. The standard InChI is InChI=1S/C28H45N7O3S/c1-6-22(3)39(37,38)35-11-7-25(8-12-35)18-33-15-16-34(17-21(33)2)28(19-29)9-13-32(14-10-28)27(36)26-23(4)30-20-31-24(26)5/h20-22,25H,6-18H2,1-5H3/t21-,22?/m0/s1. The van der Waals surface area contributed by atoms with Gasteiger partial charge in [-0.15, -0.1) is 0 Å². The van der Waals surface area contributed by atoms with Crippen LogP contribution in [-0.2, 0) is 10.0 Å². The van der Waals surface area contributed by atoms with Crippen LogP contribution >= 0.6 is 0 Å². The van der Waals surface area contributed by atoms with Gasteiger partial charge in [0.2, 0.25) is 10.0 Å². The van der Waals surface area contributed by atoms with Gasteiger partial charge < -0.3 is 4.90 Å². The number of nitrogens with zero attached hydrogens (tertiary/aromatic N) is 7. The van der Waals surface area contributed by atoms with E-state index in [9.17, 15) is 18.5 Å². The average molecular weight is 560 g/mol. The van der Waals surface area contributed by atoms with E-state index in [4.69, 9.17) is 0 Å². The second-order valence-electron chi connectivity index (χ2n) is 11.8. The van der Waals surface area contributed by atoms with Crippen molar-refractivity contribution >= 4 is 15.9 Å². The summed E-state index contributed by atoms with van der Waals surface area (Å²) in [4.78, 5) is 28.4. The van der Waals surface area contributed by atoms with Crippen LogP contribution in [0, 0.1) is 31.1 Å². The molecule has 1 aromatic heterocycles. The highest BCUT2D eigenvalue weighted by atomic mass is 32.2. The molecule has 0 spiro atoms. The number of nitriles is 1. The molecule has 10 nitrogen and oxygen atoms in total. The van der Waals surface area contributed by atoms with E-state index in [0.29, 0.717) is 74.4 Å². The van der Waals surface area contributed by atoms with Crippen molar-refractivity contribution < 1.29 is 13.2 Å². The van der Waals surface area contributed by atoms with Crippen LogP contribution < -0.4 is 0 Å². The summed E-state index contributed by atoms with van der Waals surface area (Å²) in [5, 5.41) is 9.98. The molecule has 216 valence electrons. The number of piperazine rings is 1. The molecule has 3 aliphatic rings. The first-order valence-corrected chi connectivity index (χ1v) is 16.0. The molecule has 3 aliphatic heterocycles. The van der Waals surface area contributed by atoms with Crippen molar-refractivity contribution in [2.24, 2.45) is 5.92 Å². The third-order valence-electron chi connectivity index (χ3n) is 9.41. The molecule has 0 aliphatic carbocycles. The molecule has 39 heavy (non-hydrogen) atoms. The fourth-order valence-corrected chi connectivity index (χ4v) is 8.09. The van der Waals surface area contributed by atoms with E-state index >= 15 is 0 Å². The second-order valence-corrected chi connectivity index (χ2v) is 14.1. The van der Waals surface area contributed by atoms with Gasteiger partial charge in [0.25, 0.3) is 5.91 Å². The lowest BCUT2D eigenvalue weighted by atomic mass is 9.85. The van der Waals surface area contributed by atoms with Crippen molar-refractivity contribution in [1.82, 2.24) is 29.0 Å². The van der Waals surface area contributed by atoms with Crippen molar-refractivity contribution in [3.63, 3.8) is 0 Å². The maximum absolute atomic E-state index is 13.2. The number of piperidine rings is 2. The zero-order chi connectivity index (χ0) is 28.4. The van der Waals surface area contributed by atoms with Gasteiger partial charge in [-0.2, -0.15) is 5.26 Å². The number of aryl methyl sites for hydroxylation is 2. The van der Waals surface area contributed by atoms with Gasteiger partial charge in [0.05, 0.1) is 28.3 Å². The summed E-state index contributed by atoms with van der Waals surface area (Å²) < 4.78 is 27.1. The molecule has 3 saturated heterocycles. The molecule has 0 saturated carbocycles. The maximum atomic E-state index is 13.2. The Labute approximate surface area is 234 Å². The fraction of sp³-hybridized carbons (Fsp3) is 0.786. The molecule has 3 fully saturated rings. The summed E-state index contributed by atoms with van der Waals surface area (Å²) in [7, 11) is -3.19. The van der Waals surface area contributed by atoms with Crippen LogP contribution in [0.4, 0.5) is 0 Å². The highest BCUT2D eigenvalue weighted by molar-refractivity contribution is 7.89. The predicted molar refractivity (Wildman–Crippen MR) is 151 cm³/mol. The highest BCUT2D eigenvalue weighted by Crippen LogP contribution is 2.32. The fourth-order valence-electron chi connectivity index (χ4n) is 6.44. The van der Waals surface area contributed by atoms with Crippen LogP contribution in [0.25, 0.3) is 0 Å². The van der Waals surface area contributed by atoms with Crippen molar-refractivity contribution in [3.05, 3.63) is 23.3 Å². The Morgan fingerprint density at radius 1 is 1.10 bits per heavy atom. The van der Waals surface area contributed by atoms with Gasteiger partial charge >= 0.3 is 0 Å². The number of carbonyl (C=O) groups is 1. The molecule has 2 atom stereocenters. The van der Waals surface area contributed by atoms with Crippen molar-refractivity contribution in [2.75, 3.05) is 52.4 Å². The smallest absolute Gasteiger partial charge is 0.257 e. The zero-order valence-electron chi connectivity index (χ0n) is 24.3. The Balaban J connectivity index is 1.30. The number of carbonyl (C=O) groups excluding carboxylic acids is 1. The Bertz CT molecular complexity index is 1150. The molecule has 0 radical (unpaired) electrons. The van der Waals surface area contributed by atoms with Crippen LogP contribution in [0.3, 0.4) is 0 Å². The Kier molecular flexibility index (Phi) is 9.31. The van der Waals surface area contributed by atoms with E-state index in [1.807, 2.05) is 25.7 Å². The minimum atomic E-state index is -3.19. The highest BCUT2D eigenvalue weighted by Gasteiger charge is 2.44. The predicted octanol–water partition coefficient (Wildman–Crippen LogP) is 2.44. The molecule has 4 heterocycles. The molecule has 1 unspecified atom stereocenters. The van der Waals surface area contributed by atoms with Crippen molar-refractivity contribution in [1.29, 1.82) is 5.26 Å². The third-order valence-corrected chi connectivity index (χ3v) is 11.8. The number of rotatable bonds is 7. The van der Waals surface area contributed by atoms with Crippen LogP contribution in [0.15, 0.2) is 6.33 Å². The van der Waals surface area contributed by atoms with Gasteiger partial charge in [-0.3, -0.25) is 14.6 Å². The van der Waals surface area contributed by atoms with E-state index in [0.717, 1.165) is 39.0 Å². The number of sulfonamides is 1. The Morgan fingerprint density at radius 3 is 2.26 bits per heavy atom. The zero-order valence-corrected chi connectivity index (χ0v) is 25.1. The minimum absolute atomic E-state index is 0.0432. The number of likely N-dealkylation sites (tertiary alicyclic amines) is 1. The molecular weight excluding hydrogens is 514 g/mol. The Morgan fingerprint density at radius 2 is 1.72 bits per heavy atom. The molecule has 4 rings (SSSR count). The van der Waals surface area contributed by atoms with Gasteiger partial charge in [-0.25, -0.2) is 22.7 Å². The molecule has 11 heteroatoms. The van der Waals surface area contributed by atoms with Gasteiger partial charge in [0, 0.05) is 58.4 Å². The van der Waals surface area contributed by atoms with E-state index in [-0.39, 0.29) is 11.2 Å². The summed E-state index contributed by atoms with van der Waals surface area (Å²) in [6.45, 7) is 15.5. The van der Waals surface area contributed by atoms with E-state index in [1.165, 1.54) is 6.33 Å². The van der Waals surface area contributed by atoms with Crippen LogP contribution in [0.2, 0.25) is 0 Å². The lowest BCUT2D eigenvalue weighted by Crippen LogP contribution is -2.63. The summed E-state index contributed by atoms with van der Waals surface area (Å²) in [6.07, 6.45) is 5.21. The van der Waals surface area contributed by atoms with Gasteiger partial charge in [0.15, 0.2) is 0 Å². The maximum Gasteiger partial charge on any atom is 0.257 e. The lowest BCUT2D eigenvalue weighted by molar-refractivity contribution is -0.00607. The third kappa shape index (κ3) is 6.14. The summed E-state index contributed by atoms with van der Waals surface area (Å²) in [5.74, 6) is 0.453. The minimum Gasteiger partial charge on any atom is -0.338 e. The van der Waals surface area contributed by atoms with Gasteiger partial charge in [-0.1, -0.05) is 6.92 Å². The van der Waals surface area contributed by atoms with E-state index in [1.54, 1.807) is 11.2 Å². The van der Waals surface area contributed by atoms with Crippen LogP contribution in [0.1, 0.15) is 74.6 Å². The van der Waals surface area contributed by atoms with E-state index in [2.05, 4.69) is 32.8 Å². The number of aromatic nitrogens is 2. The van der Waals surface area contributed by atoms with Gasteiger partial charge in [0.1, 0.15) is 11.9 Å². The average Bonchev–Trinajstić information content (AvgIpc) is 2.93. The van der Waals surface area contributed by atoms with Crippen molar-refractivity contribution in [3.8, 4) is 6.07 Å².